The molecule has 118 valence electrons. The minimum atomic E-state index is -0.805. The summed E-state index contributed by atoms with van der Waals surface area (Å²) in [6, 6.07) is -1.30. The quantitative estimate of drug-likeness (QED) is 0.567. The molecule has 0 spiro atoms. The Kier molecular flexibility index (Phi) is 7.75. The fourth-order valence-electron chi connectivity index (χ4n) is 1.75. The number of hydrogen-bond acceptors (Lipinski definition) is 6. The van der Waals surface area contributed by atoms with Crippen LogP contribution >= 0.6 is 0 Å². The first-order chi connectivity index (χ1) is 9.06. The molecule has 6 nitrogen and oxygen atoms in total. The molecule has 0 bridgehead atoms. The summed E-state index contributed by atoms with van der Waals surface area (Å²) in [6.07, 6.45) is 1.05. The molecule has 0 aromatic rings. The first kappa shape index (κ1) is 18.9. The normalized spacial score (nSPS) is 14.8. The Morgan fingerprint density at radius 2 is 1.65 bits per heavy atom. The Balaban J connectivity index is 4.26. The second-order valence-electron chi connectivity index (χ2n) is 6.65. The van der Waals surface area contributed by atoms with E-state index in [4.69, 9.17) is 5.73 Å². The summed E-state index contributed by atoms with van der Waals surface area (Å²) >= 11 is 0. The van der Waals surface area contributed by atoms with Gasteiger partial charge in [-0.1, -0.05) is 34.6 Å². The topological polar surface area (TPSA) is 90.6 Å². The third-order valence-electron chi connectivity index (χ3n) is 2.68. The summed E-state index contributed by atoms with van der Waals surface area (Å²) in [5, 5.41) is 2.83. The molecule has 0 rings (SSSR count). The zero-order chi connectivity index (χ0) is 15.9. The van der Waals surface area contributed by atoms with E-state index in [1.807, 2.05) is 34.6 Å². The number of carbonyl (C=O) groups excluding carboxylic acids is 2. The van der Waals surface area contributed by atoms with E-state index >= 15 is 0 Å². The number of nitrogens with two attached hydrogens (primary N) is 1. The summed E-state index contributed by atoms with van der Waals surface area (Å²) in [5.74, 6) is -1.02. The van der Waals surface area contributed by atoms with E-state index in [9.17, 15) is 9.59 Å². The lowest BCUT2D eigenvalue weighted by Crippen LogP contribution is -2.40. The van der Waals surface area contributed by atoms with Crippen LogP contribution in [0.3, 0.4) is 0 Å². The van der Waals surface area contributed by atoms with E-state index in [2.05, 4.69) is 15.1 Å². The van der Waals surface area contributed by atoms with E-state index < -0.39 is 24.0 Å². The third-order valence-corrected chi connectivity index (χ3v) is 2.68. The highest BCUT2D eigenvalue weighted by atomic mass is 17.2. The maximum atomic E-state index is 11.7. The molecule has 20 heavy (non-hydrogen) atoms. The van der Waals surface area contributed by atoms with Gasteiger partial charge in [0, 0.05) is 0 Å². The molecule has 0 saturated heterocycles. The molecule has 0 fully saturated rings. The molecule has 0 amide bonds. The van der Waals surface area contributed by atoms with Crippen LogP contribution in [0.25, 0.3) is 0 Å². The minimum Gasteiger partial charge on any atom is -0.318 e. The van der Waals surface area contributed by atoms with Crippen LogP contribution in [0.4, 0.5) is 0 Å². The van der Waals surface area contributed by atoms with Gasteiger partial charge in [0.2, 0.25) is 0 Å². The van der Waals surface area contributed by atoms with Crippen molar-refractivity contribution in [1.82, 2.24) is 5.32 Å². The molecule has 0 heterocycles. The monoisotopic (exact) mass is 288 g/mol. The Morgan fingerprint density at radius 3 is 2.05 bits per heavy atom. The first-order valence-corrected chi connectivity index (χ1v) is 6.92. The number of likely N-dealkylation sites (N-methyl/N-ethyl adjacent to an activating group) is 1. The summed E-state index contributed by atoms with van der Waals surface area (Å²) in [5.41, 5.74) is 5.59. The highest BCUT2D eigenvalue weighted by Gasteiger charge is 2.26. The van der Waals surface area contributed by atoms with Gasteiger partial charge in [0.1, 0.15) is 12.1 Å². The average molecular weight is 288 g/mol. The zero-order valence-electron chi connectivity index (χ0n) is 13.4. The Hall–Kier alpha value is -1.14. The second kappa shape index (κ2) is 8.21. The molecule has 0 aliphatic rings. The Morgan fingerprint density at radius 1 is 1.15 bits per heavy atom. The molecular weight excluding hydrogens is 260 g/mol. The predicted octanol–water partition coefficient (Wildman–Crippen LogP) is 1.39. The average Bonchev–Trinajstić information content (AvgIpc) is 2.29. The lowest BCUT2D eigenvalue weighted by atomic mass is 9.88. The van der Waals surface area contributed by atoms with Crippen molar-refractivity contribution in [1.29, 1.82) is 0 Å². The molecule has 0 aliphatic heterocycles. The van der Waals surface area contributed by atoms with Crippen LogP contribution in [0, 0.1) is 11.3 Å². The van der Waals surface area contributed by atoms with Crippen molar-refractivity contribution in [2.24, 2.45) is 17.1 Å². The molecular formula is C14H28N2O4. The molecule has 0 aliphatic carbocycles. The highest BCUT2D eigenvalue weighted by molar-refractivity contribution is 5.78. The molecule has 3 N–H and O–H groups in total. The van der Waals surface area contributed by atoms with E-state index in [-0.39, 0.29) is 5.41 Å². The van der Waals surface area contributed by atoms with Crippen LogP contribution in [0.1, 0.15) is 47.5 Å². The lowest BCUT2D eigenvalue weighted by Gasteiger charge is -2.21. The van der Waals surface area contributed by atoms with E-state index in [1.165, 1.54) is 0 Å². The molecule has 0 radical (unpaired) electrons. The van der Waals surface area contributed by atoms with Gasteiger partial charge in [-0.3, -0.25) is 0 Å². The van der Waals surface area contributed by atoms with Crippen LogP contribution in [-0.2, 0) is 19.4 Å². The highest BCUT2D eigenvalue weighted by Crippen LogP contribution is 2.20. The summed E-state index contributed by atoms with van der Waals surface area (Å²) in [7, 11) is 1.65. The van der Waals surface area contributed by atoms with E-state index in [0.717, 1.165) is 0 Å². The number of carbonyl (C=O) groups is 2. The summed E-state index contributed by atoms with van der Waals surface area (Å²) in [6.45, 7) is 9.87. The maximum Gasteiger partial charge on any atom is 0.372 e. The van der Waals surface area contributed by atoms with Gasteiger partial charge in [-0.25, -0.2) is 19.4 Å². The van der Waals surface area contributed by atoms with Crippen LogP contribution in [0.5, 0.6) is 0 Å². The molecule has 0 saturated carbocycles. The van der Waals surface area contributed by atoms with Crippen LogP contribution < -0.4 is 11.1 Å². The van der Waals surface area contributed by atoms with Gasteiger partial charge in [-0.2, -0.15) is 0 Å². The van der Waals surface area contributed by atoms with Crippen molar-refractivity contribution in [3.63, 3.8) is 0 Å². The standard InChI is InChI=1S/C14H28N2O4/c1-9(2)7-11(16-6)13(18)20-19-12(17)10(15)8-14(3,4)5/h9-11,16H,7-8,15H2,1-6H3/t10-,11+/m0/s1. The molecule has 6 heteroatoms. The van der Waals surface area contributed by atoms with Crippen molar-refractivity contribution in [2.75, 3.05) is 7.05 Å². The van der Waals surface area contributed by atoms with Gasteiger partial charge in [-0.15, -0.1) is 0 Å². The number of nitrogens with one attached hydrogen (secondary N) is 1. The Labute approximate surface area is 121 Å². The minimum absolute atomic E-state index is 0.104. The van der Waals surface area contributed by atoms with Gasteiger partial charge in [0.25, 0.3) is 0 Å². The van der Waals surface area contributed by atoms with E-state index in [1.54, 1.807) is 7.05 Å². The lowest BCUT2D eigenvalue weighted by molar-refractivity contribution is -0.262. The largest absolute Gasteiger partial charge is 0.372 e. The SMILES string of the molecule is CN[C@H](CC(C)C)C(=O)OOC(=O)[C@@H](N)CC(C)(C)C. The van der Waals surface area contributed by atoms with Gasteiger partial charge in [-0.05, 0) is 31.2 Å². The van der Waals surface area contributed by atoms with Crippen LogP contribution in [0.2, 0.25) is 0 Å². The van der Waals surface area contributed by atoms with Crippen molar-refractivity contribution >= 4 is 11.9 Å². The van der Waals surface area contributed by atoms with Crippen molar-refractivity contribution in [2.45, 2.75) is 59.5 Å². The van der Waals surface area contributed by atoms with Crippen molar-refractivity contribution < 1.29 is 19.4 Å². The first-order valence-electron chi connectivity index (χ1n) is 6.92. The Bertz CT molecular complexity index is 324. The molecule has 0 aromatic heterocycles. The smallest absolute Gasteiger partial charge is 0.318 e. The summed E-state index contributed by atoms with van der Waals surface area (Å²) in [4.78, 5) is 32.4. The molecule has 0 aromatic carbocycles. The van der Waals surface area contributed by atoms with E-state index in [0.29, 0.717) is 18.8 Å². The van der Waals surface area contributed by atoms with Gasteiger partial charge in [0.15, 0.2) is 0 Å². The third kappa shape index (κ3) is 8.12. The van der Waals surface area contributed by atoms with Crippen molar-refractivity contribution in [3.8, 4) is 0 Å². The fourth-order valence-corrected chi connectivity index (χ4v) is 1.75. The predicted molar refractivity (Wildman–Crippen MR) is 76.5 cm³/mol. The van der Waals surface area contributed by atoms with Crippen LogP contribution in [-0.4, -0.2) is 31.1 Å². The number of rotatable bonds is 6. The van der Waals surface area contributed by atoms with Gasteiger partial charge in [0.05, 0.1) is 0 Å². The zero-order valence-corrected chi connectivity index (χ0v) is 13.4. The van der Waals surface area contributed by atoms with Crippen LogP contribution in [0.15, 0.2) is 0 Å². The fraction of sp³-hybridized carbons (Fsp3) is 0.857. The maximum absolute atomic E-state index is 11.7. The second-order valence-corrected chi connectivity index (χ2v) is 6.65. The van der Waals surface area contributed by atoms with Gasteiger partial charge >= 0.3 is 11.9 Å². The number of hydrogen-bond donors (Lipinski definition) is 2. The van der Waals surface area contributed by atoms with Gasteiger partial charge < -0.3 is 11.1 Å². The molecule has 0 unspecified atom stereocenters. The van der Waals surface area contributed by atoms with Crippen molar-refractivity contribution in [3.05, 3.63) is 0 Å². The molecule has 2 atom stereocenters. The summed E-state index contributed by atoms with van der Waals surface area (Å²) < 4.78 is 0.